The van der Waals surface area contributed by atoms with Crippen LogP contribution in [0.4, 0.5) is 0 Å². The summed E-state index contributed by atoms with van der Waals surface area (Å²) in [6.07, 6.45) is 7.77. The van der Waals surface area contributed by atoms with Gasteiger partial charge in [-0.1, -0.05) is 39.3 Å². The molecule has 0 heterocycles. The van der Waals surface area contributed by atoms with Crippen molar-refractivity contribution in [2.45, 2.75) is 111 Å². The second-order valence-corrected chi connectivity index (χ2v) is 14.5. The molecule has 5 aliphatic rings. The number of carbonyl (C=O) groups is 2. The average Bonchev–Trinajstić information content (AvgIpc) is 2.79. The van der Waals surface area contributed by atoms with Crippen LogP contribution in [-0.2, 0) is 9.59 Å². The van der Waals surface area contributed by atoms with E-state index in [0.29, 0.717) is 19.3 Å². The molecule has 0 aromatic carbocycles. The van der Waals surface area contributed by atoms with E-state index in [0.717, 1.165) is 44.1 Å². The van der Waals surface area contributed by atoms with Crippen LogP contribution in [0.25, 0.3) is 0 Å². The molecule has 0 bridgehead atoms. The van der Waals surface area contributed by atoms with Crippen LogP contribution < -0.4 is 0 Å². The molecular formula is C30H46O6. The Balaban J connectivity index is 1.64. The van der Waals surface area contributed by atoms with Gasteiger partial charge in [0.15, 0.2) is 0 Å². The molecule has 36 heavy (non-hydrogen) atoms. The largest absolute Gasteiger partial charge is 0.481 e. The van der Waals surface area contributed by atoms with Crippen LogP contribution >= 0.6 is 0 Å². The minimum absolute atomic E-state index is 0.0214. The maximum absolute atomic E-state index is 12.8. The van der Waals surface area contributed by atoms with Gasteiger partial charge in [-0.25, -0.2) is 0 Å². The van der Waals surface area contributed by atoms with Crippen LogP contribution in [0.5, 0.6) is 0 Å². The van der Waals surface area contributed by atoms with Crippen molar-refractivity contribution >= 4 is 11.9 Å². The highest BCUT2D eigenvalue weighted by molar-refractivity contribution is 5.77. The number of aliphatic hydroxyl groups is 2. The number of fused-ring (bicyclic) bond motifs is 7. The van der Waals surface area contributed by atoms with E-state index in [1.54, 1.807) is 6.92 Å². The molecule has 0 aromatic rings. The molecule has 0 radical (unpaired) electrons. The van der Waals surface area contributed by atoms with Crippen molar-refractivity contribution < 1.29 is 30.0 Å². The molecule has 0 spiro atoms. The number of hydrogen-bond acceptors (Lipinski definition) is 4. The number of rotatable bonds is 2. The smallest absolute Gasteiger partial charge is 0.312 e. The van der Waals surface area contributed by atoms with E-state index in [1.165, 1.54) is 0 Å². The molecule has 4 saturated carbocycles. The number of allylic oxidation sites excluding steroid dienone is 1. The zero-order valence-electron chi connectivity index (χ0n) is 22.9. The van der Waals surface area contributed by atoms with E-state index in [-0.39, 0.29) is 34.0 Å². The van der Waals surface area contributed by atoms with Crippen molar-refractivity contribution in [1.29, 1.82) is 0 Å². The molecule has 5 aliphatic carbocycles. The van der Waals surface area contributed by atoms with Gasteiger partial charge in [0, 0.05) is 5.92 Å². The third kappa shape index (κ3) is 2.81. The second kappa shape index (κ2) is 7.59. The van der Waals surface area contributed by atoms with Crippen LogP contribution in [0, 0.1) is 50.7 Å². The van der Waals surface area contributed by atoms with Crippen molar-refractivity contribution in [3.8, 4) is 0 Å². The van der Waals surface area contributed by atoms with Gasteiger partial charge in [-0.3, -0.25) is 9.59 Å². The van der Waals surface area contributed by atoms with E-state index in [1.807, 2.05) is 6.92 Å². The highest BCUT2D eigenvalue weighted by atomic mass is 16.4. The molecule has 0 amide bonds. The maximum Gasteiger partial charge on any atom is 0.312 e. The summed E-state index contributed by atoms with van der Waals surface area (Å²) in [5, 5.41) is 43.5. The second-order valence-electron chi connectivity index (χ2n) is 14.5. The lowest BCUT2D eigenvalue weighted by Crippen LogP contribution is -2.68. The number of carboxylic acid groups (broad SMARTS) is 2. The molecule has 0 aliphatic heterocycles. The predicted octanol–water partition coefficient (Wildman–Crippen LogP) is 5.27. The van der Waals surface area contributed by atoms with Crippen LogP contribution in [0.2, 0.25) is 0 Å². The van der Waals surface area contributed by atoms with Crippen molar-refractivity contribution in [1.82, 2.24) is 0 Å². The van der Waals surface area contributed by atoms with Gasteiger partial charge in [-0.15, -0.1) is 0 Å². The predicted molar refractivity (Wildman–Crippen MR) is 136 cm³/mol. The monoisotopic (exact) mass is 502 g/mol. The molecule has 5 rings (SSSR count). The molecule has 4 N–H and O–H groups in total. The van der Waals surface area contributed by atoms with Gasteiger partial charge in [0.05, 0.1) is 22.5 Å². The van der Waals surface area contributed by atoms with E-state index in [4.69, 9.17) is 0 Å². The highest BCUT2D eigenvalue weighted by Gasteiger charge is 2.72. The SMILES string of the molecule is C[C@@H]1CC[C@]2(C(=O)O)CC[C@]3(C)C(=CC[C@@H]4[C@]5(C)CC[C@H](O)[C@](C)(C(=O)O)[C@@H]5CC[C@@]43C)[C@@H]2[C@]1(C)O. The minimum Gasteiger partial charge on any atom is -0.481 e. The van der Waals surface area contributed by atoms with Gasteiger partial charge in [-0.05, 0) is 106 Å². The third-order valence-corrected chi connectivity index (χ3v) is 13.6. The summed E-state index contributed by atoms with van der Waals surface area (Å²) in [5.41, 5.74) is -2.66. The van der Waals surface area contributed by atoms with Gasteiger partial charge in [0.25, 0.3) is 0 Å². The first-order chi connectivity index (χ1) is 16.5. The van der Waals surface area contributed by atoms with Crippen molar-refractivity contribution in [3.63, 3.8) is 0 Å². The van der Waals surface area contributed by atoms with Gasteiger partial charge in [0.2, 0.25) is 0 Å². The summed E-state index contributed by atoms with van der Waals surface area (Å²) in [6, 6.07) is 0. The molecule has 0 aromatic heterocycles. The minimum atomic E-state index is -1.16. The van der Waals surface area contributed by atoms with E-state index in [2.05, 4.69) is 33.8 Å². The molecular weight excluding hydrogens is 456 g/mol. The lowest BCUT2D eigenvalue weighted by Gasteiger charge is -2.71. The van der Waals surface area contributed by atoms with E-state index in [9.17, 15) is 30.0 Å². The van der Waals surface area contributed by atoms with Crippen LogP contribution in [0.1, 0.15) is 99.3 Å². The first-order valence-corrected chi connectivity index (χ1v) is 14.1. The van der Waals surface area contributed by atoms with Gasteiger partial charge >= 0.3 is 11.9 Å². The molecule has 0 saturated heterocycles. The maximum atomic E-state index is 12.8. The van der Waals surface area contributed by atoms with Gasteiger partial charge in [-0.2, -0.15) is 0 Å². The first-order valence-electron chi connectivity index (χ1n) is 14.1. The van der Waals surface area contributed by atoms with Crippen LogP contribution in [0.3, 0.4) is 0 Å². The van der Waals surface area contributed by atoms with Crippen LogP contribution in [0.15, 0.2) is 11.6 Å². The summed E-state index contributed by atoms with van der Waals surface area (Å²) in [5.74, 6) is -1.93. The Kier molecular flexibility index (Phi) is 5.53. The molecule has 11 atom stereocenters. The standard InChI is InChI=1S/C30H46O6/c1-17-9-14-30(24(34)35)16-15-26(3)18(22(30)29(17,6)36)7-8-19-25(2)12-11-21(31)28(5,23(32)33)20(25)10-13-27(19,26)4/h7,17,19-22,31,36H,8-16H2,1-6H3,(H,32,33)(H,34,35)/t17-,19-,20-,21+,22-,25+,26-,27+,28-,29-,30+/m1/s1. The normalized spacial score (nSPS) is 56.3. The number of hydrogen-bond donors (Lipinski definition) is 4. The first kappa shape index (κ1) is 26.2. The summed E-state index contributed by atoms with van der Waals surface area (Å²) in [7, 11) is 0. The Bertz CT molecular complexity index is 1020. The highest BCUT2D eigenvalue weighted by Crippen LogP contribution is 2.76. The molecule has 6 nitrogen and oxygen atoms in total. The van der Waals surface area contributed by atoms with Crippen molar-refractivity contribution in [2.24, 2.45) is 50.7 Å². The van der Waals surface area contributed by atoms with Crippen LogP contribution in [-0.4, -0.2) is 44.1 Å². The lowest BCUT2D eigenvalue weighted by atomic mass is 9.33. The molecule has 6 heteroatoms. The number of aliphatic carboxylic acids is 2. The number of aliphatic hydroxyl groups excluding tert-OH is 1. The van der Waals surface area contributed by atoms with Crippen molar-refractivity contribution in [2.75, 3.05) is 0 Å². The lowest BCUT2D eigenvalue weighted by molar-refractivity contribution is -0.224. The Morgan fingerprint density at radius 1 is 0.861 bits per heavy atom. The fourth-order valence-corrected chi connectivity index (χ4v) is 10.8. The fraction of sp³-hybridized carbons (Fsp3) is 0.867. The summed E-state index contributed by atoms with van der Waals surface area (Å²) >= 11 is 0. The average molecular weight is 503 g/mol. The van der Waals surface area contributed by atoms with Crippen molar-refractivity contribution in [3.05, 3.63) is 11.6 Å². The van der Waals surface area contributed by atoms with E-state index < -0.39 is 40.4 Å². The van der Waals surface area contributed by atoms with Gasteiger partial charge in [0.1, 0.15) is 0 Å². The third-order valence-electron chi connectivity index (χ3n) is 13.6. The Morgan fingerprint density at radius 3 is 2.14 bits per heavy atom. The molecule has 0 unspecified atom stereocenters. The number of carboxylic acids is 2. The quantitative estimate of drug-likeness (QED) is 0.383. The Hall–Kier alpha value is -1.40. The summed E-state index contributed by atoms with van der Waals surface area (Å²) in [4.78, 5) is 25.4. The molecule has 4 fully saturated rings. The topological polar surface area (TPSA) is 115 Å². The Labute approximate surface area is 215 Å². The summed E-state index contributed by atoms with van der Waals surface area (Å²) in [6.45, 7) is 12.6. The van der Waals surface area contributed by atoms with E-state index >= 15 is 0 Å². The molecule has 202 valence electrons. The zero-order valence-corrected chi connectivity index (χ0v) is 22.9. The fourth-order valence-electron chi connectivity index (χ4n) is 10.8. The Morgan fingerprint density at radius 2 is 1.53 bits per heavy atom. The zero-order chi connectivity index (χ0) is 26.7. The van der Waals surface area contributed by atoms with Gasteiger partial charge < -0.3 is 20.4 Å². The summed E-state index contributed by atoms with van der Waals surface area (Å²) < 4.78 is 0.